The Morgan fingerprint density at radius 3 is 1.19 bits per heavy atom. The third-order valence-electron chi connectivity index (χ3n) is 10.2. The van der Waals surface area contributed by atoms with Crippen LogP contribution in [0.15, 0.2) is 157 Å². The summed E-state index contributed by atoms with van der Waals surface area (Å²) in [5.41, 5.74) is -0.721. The van der Waals surface area contributed by atoms with Gasteiger partial charge in [-0.3, -0.25) is 0 Å². The highest BCUT2D eigenvalue weighted by molar-refractivity contribution is 7.99. The first kappa shape index (κ1) is 38.4. The number of thioether (sulfide) groups is 1. The molecule has 6 rings (SSSR count). The minimum Gasteiger partial charge on any atom is -0.399 e. The van der Waals surface area contributed by atoms with Gasteiger partial charge in [0.15, 0.2) is 0 Å². The van der Waals surface area contributed by atoms with Crippen molar-refractivity contribution in [1.82, 2.24) is 0 Å². The number of benzene rings is 5. The lowest BCUT2D eigenvalue weighted by molar-refractivity contribution is -0.195. The Bertz CT molecular complexity index is 1760. The van der Waals surface area contributed by atoms with E-state index >= 15 is 0 Å². The average molecular weight is 749 g/mol. The van der Waals surface area contributed by atoms with Crippen LogP contribution < -0.4 is 20.7 Å². The van der Waals surface area contributed by atoms with E-state index in [-0.39, 0.29) is 16.7 Å². The third-order valence-corrected chi connectivity index (χ3v) is 21.5. The summed E-state index contributed by atoms with van der Waals surface area (Å²) >= 11 is 1.45. The van der Waals surface area contributed by atoms with E-state index in [0.717, 1.165) is 25.6 Å². The monoisotopic (exact) mass is 748 g/mol. The molecule has 272 valence electrons. The predicted molar refractivity (Wildman–Crippen MR) is 219 cm³/mol. The largest absolute Gasteiger partial charge is 0.399 e. The minimum absolute atomic E-state index is 0.304. The maximum absolute atomic E-state index is 12.7. The Kier molecular flexibility index (Phi) is 11.8. The quantitative estimate of drug-likeness (QED) is 0.146. The second-order valence-corrected chi connectivity index (χ2v) is 25.3. The van der Waals surface area contributed by atoms with Gasteiger partial charge in [0.2, 0.25) is 0 Å². The van der Waals surface area contributed by atoms with Crippen molar-refractivity contribution >= 4 is 49.1 Å². The molecule has 5 nitrogen and oxygen atoms in total. The van der Waals surface area contributed by atoms with Gasteiger partial charge in [-0.05, 0) is 43.0 Å². The van der Waals surface area contributed by atoms with E-state index in [2.05, 4.69) is 139 Å². The van der Waals surface area contributed by atoms with Gasteiger partial charge in [0.25, 0.3) is 16.6 Å². The Hall–Kier alpha value is -3.32. The zero-order valence-corrected chi connectivity index (χ0v) is 33.9. The number of hydrogen-bond donors (Lipinski definition) is 2. The molecule has 5 atom stereocenters. The molecule has 52 heavy (non-hydrogen) atoms. The highest BCUT2D eigenvalue weighted by Crippen LogP contribution is 2.45. The van der Waals surface area contributed by atoms with E-state index in [4.69, 9.17) is 13.6 Å². The van der Waals surface area contributed by atoms with Crippen LogP contribution in [0, 0.1) is 0 Å². The molecule has 5 aromatic rings. The highest BCUT2D eigenvalue weighted by Gasteiger charge is 2.60. The summed E-state index contributed by atoms with van der Waals surface area (Å²) in [4.78, 5) is 0.957. The van der Waals surface area contributed by atoms with Gasteiger partial charge in [-0.25, -0.2) is 0 Å². The van der Waals surface area contributed by atoms with Crippen LogP contribution in [0.25, 0.3) is 0 Å². The van der Waals surface area contributed by atoms with Crippen molar-refractivity contribution in [2.45, 2.75) is 86.4 Å². The first-order valence-corrected chi connectivity index (χ1v) is 22.9. The summed E-state index contributed by atoms with van der Waals surface area (Å²) in [6, 6.07) is 51.9. The molecule has 1 heterocycles. The zero-order valence-electron chi connectivity index (χ0n) is 31.1. The normalized spacial score (nSPS) is 21.5. The van der Waals surface area contributed by atoms with Gasteiger partial charge in [0.1, 0.15) is 29.9 Å². The fourth-order valence-electron chi connectivity index (χ4n) is 7.84. The molecule has 1 fully saturated rings. The van der Waals surface area contributed by atoms with E-state index in [1.165, 1.54) is 11.8 Å². The van der Waals surface area contributed by atoms with Crippen molar-refractivity contribution in [3.05, 3.63) is 152 Å². The topological polar surface area (TPSA) is 68.2 Å². The van der Waals surface area contributed by atoms with E-state index in [1.54, 1.807) is 0 Å². The fraction of sp³-hybridized carbons (Fsp3) is 0.318. The van der Waals surface area contributed by atoms with Crippen LogP contribution >= 0.6 is 11.8 Å². The standard InChI is InChI=1S/C44H52O5SSi2/c1-43(2,3)51(34-24-14-8-15-25-34,35-26-16-9-17-27-35)48-40-38(32-45)47-42(50-33-22-12-7-13-23-33)39(46)41(40)49-52(44(4,5)6,36-28-18-10-19-29-36)37-30-20-11-21-31-37/h7-31,38-42,45-46H,32H2,1-6H3/t38-,39-,40-,41-,42+/m1/s1. The summed E-state index contributed by atoms with van der Waals surface area (Å²) in [6.07, 6.45) is -3.56. The number of hydrogen-bond acceptors (Lipinski definition) is 6. The summed E-state index contributed by atoms with van der Waals surface area (Å²) in [6.45, 7) is 13.1. The third kappa shape index (κ3) is 7.41. The summed E-state index contributed by atoms with van der Waals surface area (Å²) < 4.78 is 22.4. The van der Waals surface area contributed by atoms with Gasteiger partial charge in [-0.15, -0.1) is 0 Å². The SMILES string of the molecule is CC(C)(C)[Si](O[C@@H]1[C@@H](O)[C@H](Sc2ccccc2)O[C@H](CO)[C@H]1O[Si](c1ccccc1)(c1ccccc1)C(C)(C)C)(c1ccccc1)c1ccccc1. The van der Waals surface area contributed by atoms with E-state index in [0.29, 0.717) is 0 Å². The van der Waals surface area contributed by atoms with E-state index in [1.807, 2.05) is 54.6 Å². The molecule has 0 saturated carbocycles. The lowest BCUT2D eigenvalue weighted by atomic mass is 10.0. The van der Waals surface area contributed by atoms with Crippen molar-refractivity contribution in [2.75, 3.05) is 6.61 Å². The smallest absolute Gasteiger partial charge is 0.261 e. The van der Waals surface area contributed by atoms with Crippen LogP contribution in [-0.4, -0.2) is 63.3 Å². The van der Waals surface area contributed by atoms with Crippen molar-refractivity contribution in [3.8, 4) is 0 Å². The number of ether oxygens (including phenoxy) is 1. The molecule has 0 aliphatic carbocycles. The van der Waals surface area contributed by atoms with Crippen LogP contribution in [0.4, 0.5) is 0 Å². The fourth-order valence-corrected chi connectivity index (χ4v) is 18.3. The molecule has 1 aliphatic rings. The van der Waals surface area contributed by atoms with Crippen molar-refractivity contribution in [2.24, 2.45) is 0 Å². The maximum atomic E-state index is 12.7. The lowest BCUT2D eigenvalue weighted by Crippen LogP contribution is -2.75. The van der Waals surface area contributed by atoms with Gasteiger partial charge in [-0.1, -0.05) is 193 Å². The zero-order chi connectivity index (χ0) is 37.0. The molecule has 0 bridgehead atoms. The van der Waals surface area contributed by atoms with Crippen LogP contribution in [0.3, 0.4) is 0 Å². The van der Waals surface area contributed by atoms with Crippen molar-refractivity contribution in [3.63, 3.8) is 0 Å². The Morgan fingerprint density at radius 1 is 0.538 bits per heavy atom. The Morgan fingerprint density at radius 2 is 0.865 bits per heavy atom. The lowest BCUT2D eigenvalue weighted by Gasteiger charge is -2.54. The summed E-state index contributed by atoms with van der Waals surface area (Å²) in [5.74, 6) is 0. The van der Waals surface area contributed by atoms with Gasteiger partial charge >= 0.3 is 0 Å². The average Bonchev–Trinajstić information content (AvgIpc) is 3.15. The van der Waals surface area contributed by atoms with Crippen molar-refractivity contribution in [1.29, 1.82) is 0 Å². The number of aliphatic hydroxyl groups is 2. The second-order valence-electron chi connectivity index (χ2n) is 15.6. The van der Waals surface area contributed by atoms with Gasteiger partial charge in [0, 0.05) is 4.90 Å². The maximum Gasteiger partial charge on any atom is 0.261 e. The Balaban J connectivity index is 1.59. The van der Waals surface area contributed by atoms with Gasteiger partial charge in [0.05, 0.1) is 6.61 Å². The highest BCUT2D eigenvalue weighted by atomic mass is 32.2. The molecule has 2 N–H and O–H groups in total. The van der Waals surface area contributed by atoms with E-state index in [9.17, 15) is 10.2 Å². The van der Waals surface area contributed by atoms with Gasteiger partial charge < -0.3 is 23.8 Å². The second kappa shape index (κ2) is 16.0. The van der Waals surface area contributed by atoms with E-state index < -0.39 is 46.5 Å². The molecule has 0 spiro atoms. The molecular formula is C44H52O5SSi2. The molecule has 0 unspecified atom stereocenters. The van der Waals surface area contributed by atoms with Crippen LogP contribution in [0.1, 0.15) is 41.5 Å². The van der Waals surface area contributed by atoms with Crippen LogP contribution in [-0.2, 0) is 13.6 Å². The number of rotatable bonds is 11. The van der Waals surface area contributed by atoms with Crippen molar-refractivity contribution < 1.29 is 23.8 Å². The first-order chi connectivity index (χ1) is 24.9. The summed E-state index contributed by atoms with van der Waals surface area (Å²) in [5, 5.41) is 27.7. The Labute approximate surface area is 316 Å². The van der Waals surface area contributed by atoms with Crippen LogP contribution in [0.5, 0.6) is 0 Å². The molecule has 0 radical (unpaired) electrons. The van der Waals surface area contributed by atoms with Crippen LogP contribution in [0.2, 0.25) is 10.1 Å². The molecule has 1 saturated heterocycles. The summed E-state index contributed by atoms with van der Waals surface area (Å²) in [7, 11) is -6.45. The predicted octanol–water partition coefficient (Wildman–Crippen LogP) is 6.75. The molecule has 8 heteroatoms. The molecule has 0 aromatic heterocycles. The molecular weight excluding hydrogens is 697 g/mol. The molecule has 1 aliphatic heterocycles. The number of aliphatic hydroxyl groups excluding tert-OH is 2. The molecule has 5 aromatic carbocycles. The first-order valence-electron chi connectivity index (χ1n) is 18.2. The van der Waals surface area contributed by atoms with Gasteiger partial charge in [-0.2, -0.15) is 0 Å². The molecule has 0 amide bonds. The minimum atomic E-state index is -3.24.